The van der Waals surface area contributed by atoms with Gasteiger partial charge in [0.25, 0.3) is 0 Å². The summed E-state index contributed by atoms with van der Waals surface area (Å²) in [5.74, 6) is 1.03. The maximum atomic E-state index is 5.97. The second-order valence-electron chi connectivity index (χ2n) is 7.22. The van der Waals surface area contributed by atoms with Gasteiger partial charge < -0.3 is 4.74 Å². The van der Waals surface area contributed by atoms with Gasteiger partial charge in [-0.15, -0.1) is 0 Å². The molecule has 0 atom stereocenters. The van der Waals surface area contributed by atoms with Crippen molar-refractivity contribution in [2.24, 2.45) is 0 Å². The molecule has 0 fully saturated rings. The predicted octanol–water partition coefficient (Wildman–Crippen LogP) is 5.50. The van der Waals surface area contributed by atoms with Crippen LogP contribution in [0.4, 0.5) is 0 Å². The molecule has 0 N–H and O–H groups in total. The van der Waals surface area contributed by atoms with Crippen molar-refractivity contribution in [3.05, 3.63) is 41.2 Å². The van der Waals surface area contributed by atoms with Gasteiger partial charge in [0.15, 0.2) is 0 Å². The van der Waals surface area contributed by atoms with Crippen LogP contribution in [0.15, 0.2) is 24.5 Å². The largest absolute Gasteiger partial charge is 0.465 e. The van der Waals surface area contributed by atoms with E-state index in [1.54, 1.807) is 6.26 Å². The van der Waals surface area contributed by atoms with Gasteiger partial charge in [0.05, 0.1) is 6.26 Å². The Hall–Kier alpha value is -1.24. The molecular weight excluding hydrogens is 232 g/mol. The molecule has 0 unspecified atom stereocenters. The summed E-state index contributed by atoms with van der Waals surface area (Å²) >= 11 is 0. The number of hydrogen-bond acceptors (Lipinski definition) is 1. The third-order valence-electron chi connectivity index (χ3n) is 3.25. The summed E-state index contributed by atoms with van der Waals surface area (Å²) in [6, 6.07) is 4.41. The maximum Gasteiger partial charge on any atom is 0.134 e. The van der Waals surface area contributed by atoms with E-state index in [0.29, 0.717) is 0 Å². The van der Waals surface area contributed by atoms with Gasteiger partial charge in [0.2, 0.25) is 0 Å². The summed E-state index contributed by atoms with van der Waals surface area (Å²) in [6.45, 7) is 17.5. The van der Waals surface area contributed by atoms with Crippen LogP contribution in [0.2, 0.25) is 0 Å². The molecule has 0 aliphatic rings. The second-order valence-corrected chi connectivity index (χ2v) is 7.22. The van der Waals surface area contributed by atoms with Gasteiger partial charge in [-0.25, -0.2) is 0 Å². The van der Waals surface area contributed by atoms with Crippen LogP contribution >= 0.6 is 0 Å². The lowest BCUT2D eigenvalue weighted by Crippen LogP contribution is -2.20. The first kappa shape index (κ1) is 15.8. The third kappa shape index (κ3) is 3.62. The third-order valence-corrected chi connectivity index (χ3v) is 3.25. The SMILES string of the molecule is CC=COc1c(C(C)(C)C)ccc(C)c1C(C)(C)C. The molecule has 1 rings (SSSR count). The van der Waals surface area contributed by atoms with Gasteiger partial charge in [0, 0.05) is 11.1 Å². The quantitative estimate of drug-likeness (QED) is 0.638. The predicted molar refractivity (Wildman–Crippen MR) is 84.0 cm³/mol. The fourth-order valence-electron chi connectivity index (χ4n) is 2.46. The van der Waals surface area contributed by atoms with E-state index in [0.717, 1.165) is 5.75 Å². The van der Waals surface area contributed by atoms with E-state index >= 15 is 0 Å². The van der Waals surface area contributed by atoms with Crippen LogP contribution in [0.5, 0.6) is 5.75 Å². The van der Waals surface area contributed by atoms with E-state index in [4.69, 9.17) is 4.74 Å². The molecule has 0 spiro atoms. The number of allylic oxidation sites excluding steroid dienone is 1. The molecule has 0 bridgehead atoms. The highest BCUT2D eigenvalue weighted by molar-refractivity contribution is 5.52. The van der Waals surface area contributed by atoms with Crippen molar-refractivity contribution in [1.82, 2.24) is 0 Å². The first-order valence-corrected chi connectivity index (χ1v) is 7.01. The highest BCUT2D eigenvalue weighted by Crippen LogP contribution is 2.41. The molecule has 0 heterocycles. The monoisotopic (exact) mass is 260 g/mol. The smallest absolute Gasteiger partial charge is 0.134 e. The normalized spacial score (nSPS) is 13.1. The number of ether oxygens (including phenoxy) is 1. The van der Waals surface area contributed by atoms with Crippen LogP contribution in [0.25, 0.3) is 0 Å². The summed E-state index contributed by atoms with van der Waals surface area (Å²) in [6.07, 6.45) is 3.71. The number of benzene rings is 1. The standard InChI is InChI=1S/C18H28O/c1-9-12-19-16-14(17(3,4)5)11-10-13(2)15(16)18(6,7)8/h9-12H,1-8H3. The van der Waals surface area contributed by atoms with E-state index in [9.17, 15) is 0 Å². The average molecular weight is 260 g/mol. The Morgan fingerprint density at radius 1 is 0.947 bits per heavy atom. The Balaban J connectivity index is 3.60. The van der Waals surface area contributed by atoms with Crippen molar-refractivity contribution in [3.8, 4) is 5.75 Å². The van der Waals surface area contributed by atoms with Crippen LogP contribution in [0.1, 0.15) is 65.2 Å². The number of hydrogen-bond donors (Lipinski definition) is 0. The zero-order valence-electron chi connectivity index (χ0n) is 13.7. The zero-order valence-corrected chi connectivity index (χ0v) is 13.7. The van der Waals surface area contributed by atoms with E-state index in [2.05, 4.69) is 60.6 Å². The summed E-state index contributed by atoms with van der Waals surface area (Å²) in [7, 11) is 0. The Morgan fingerprint density at radius 2 is 1.53 bits per heavy atom. The van der Waals surface area contributed by atoms with E-state index in [1.165, 1.54) is 16.7 Å². The van der Waals surface area contributed by atoms with Crippen molar-refractivity contribution in [2.75, 3.05) is 0 Å². The van der Waals surface area contributed by atoms with Crippen LogP contribution < -0.4 is 4.74 Å². The topological polar surface area (TPSA) is 9.23 Å². The molecule has 0 amide bonds. The van der Waals surface area contributed by atoms with E-state index in [1.807, 2.05) is 13.0 Å². The van der Waals surface area contributed by atoms with Gasteiger partial charge in [-0.3, -0.25) is 0 Å². The maximum absolute atomic E-state index is 5.97. The van der Waals surface area contributed by atoms with E-state index < -0.39 is 0 Å². The Labute approximate surface area is 118 Å². The minimum Gasteiger partial charge on any atom is -0.465 e. The lowest BCUT2D eigenvalue weighted by atomic mass is 9.77. The molecule has 1 aromatic rings. The summed E-state index contributed by atoms with van der Waals surface area (Å²) in [5, 5.41) is 0. The zero-order chi connectivity index (χ0) is 14.8. The molecular formula is C18H28O. The highest BCUT2D eigenvalue weighted by atomic mass is 16.5. The van der Waals surface area contributed by atoms with E-state index in [-0.39, 0.29) is 10.8 Å². The van der Waals surface area contributed by atoms with Crippen LogP contribution in [0.3, 0.4) is 0 Å². The molecule has 0 radical (unpaired) electrons. The van der Waals surface area contributed by atoms with Crippen LogP contribution in [-0.4, -0.2) is 0 Å². The molecule has 19 heavy (non-hydrogen) atoms. The number of aryl methyl sites for hydroxylation is 1. The molecule has 0 saturated heterocycles. The van der Waals surface area contributed by atoms with Gasteiger partial charge in [0.1, 0.15) is 5.75 Å². The molecule has 1 aromatic carbocycles. The minimum atomic E-state index is 0.0717. The molecule has 0 aromatic heterocycles. The Bertz CT molecular complexity index is 468. The summed E-state index contributed by atoms with van der Waals surface area (Å²) in [5.41, 5.74) is 4.01. The minimum absolute atomic E-state index is 0.0717. The van der Waals surface area contributed by atoms with Crippen molar-refractivity contribution in [3.63, 3.8) is 0 Å². The lowest BCUT2D eigenvalue weighted by molar-refractivity contribution is 0.429. The van der Waals surface area contributed by atoms with Crippen LogP contribution in [0, 0.1) is 6.92 Å². The molecule has 0 aliphatic carbocycles. The Morgan fingerprint density at radius 3 is 1.95 bits per heavy atom. The van der Waals surface area contributed by atoms with Crippen LogP contribution in [-0.2, 0) is 10.8 Å². The average Bonchev–Trinajstić information content (AvgIpc) is 2.22. The first-order chi connectivity index (χ1) is 8.59. The summed E-state index contributed by atoms with van der Waals surface area (Å²) < 4.78 is 5.97. The van der Waals surface area contributed by atoms with Crippen molar-refractivity contribution in [1.29, 1.82) is 0 Å². The molecule has 106 valence electrons. The molecule has 0 saturated carbocycles. The lowest BCUT2D eigenvalue weighted by Gasteiger charge is -2.30. The first-order valence-electron chi connectivity index (χ1n) is 7.01. The Kier molecular flexibility index (Phi) is 4.50. The number of rotatable bonds is 2. The molecule has 0 aliphatic heterocycles. The van der Waals surface area contributed by atoms with Gasteiger partial charge in [-0.1, -0.05) is 59.8 Å². The highest BCUT2D eigenvalue weighted by Gasteiger charge is 2.28. The van der Waals surface area contributed by atoms with Gasteiger partial charge in [-0.05, 0) is 30.2 Å². The van der Waals surface area contributed by atoms with Gasteiger partial charge in [-0.2, -0.15) is 0 Å². The molecule has 1 nitrogen and oxygen atoms in total. The van der Waals surface area contributed by atoms with Crippen molar-refractivity contribution >= 4 is 0 Å². The molecule has 1 heteroatoms. The van der Waals surface area contributed by atoms with Crippen molar-refractivity contribution in [2.45, 2.75) is 66.2 Å². The fourth-order valence-corrected chi connectivity index (χ4v) is 2.46. The second kappa shape index (κ2) is 5.40. The fraction of sp³-hybridized carbons (Fsp3) is 0.556. The van der Waals surface area contributed by atoms with Gasteiger partial charge >= 0.3 is 0 Å². The summed E-state index contributed by atoms with van der Waals surface area (Å²) in [4.78, 5) is 0. The van der Waals surface area contributed by atoms with Crippen molar-refractivity contribution < 1.29 is 4.74 Å².